The van der Waals surface area contributed by atoms with Gasteiger partial charge in [-0.3, -0.25) is 24.8 Å². The van der Waals surface area contributed by atoms with Crippen LogP contribution in [0.1, 0.15) is 36.5 Å². The van der Waals surface area contributed by atoms with Crippen LogP contribution in [0.2, 0.25) is 0 Å². The highest BCUT2D eigenvalue weighted by molar-refractivity contribution is 5.94. The Morgan fingerprint density at radius 2 is 2.00 bits per heavy atom. The molecule has 23 heavy (non-hydrogen) atoms. The van der Waals surface area contributed by atoms with Gasteiger partial charge < -0.3 is 10.6 Å². The summed E-state index contributed by atoms with van der Waals surface area (Å²) in [5.74, 6) is 0.0397. The summed E-state index contributed by atoms with van der Waals surface area (Å²) in [4.78, 5) is 30.0. The third-order valence-electron chi connectivity index (χ3n) is 4.40. The number of hydrogen-bond acceptors (Lipinski definition) is 5. The Hall–Kier alpha value is -1.99. The third-order valence-corrected chi connectivity index (χ3v) is 4.40. The van der Waals surface area contributed by atoms with Crippen molar-refractivity contribution in [3.8, 4) is 0 Å². The molecule has 1 aromatic rings. The molecule has 2 aliphatic rings. The maximum Gasteiger partial charge on any atom is 0.251 e. The molecule has 3 rings (SSSR count). The lowest BCUT2D eigenvalue weighted by atomic mass is 10.0. The highest BCUT2D eigenvalue weighted by Crippen LogP contribution is 2.14. The van der Waals surface area contributed by atoms with E-state index in [1.165, 1.54) is 0 Å². The SMILES string of the molecule is CC1CC(=O)NC(N2CCC(NC(=O)c3ccncc3)CC2)N1. The minimum atomic E-state index is -0.0944. The minimum Gasteiger partial charge on any atom is -0.349 e. The van der Waals surface area contributed by atoms with Gasteiger partial charge in [-0.1, -0.05) is 0 Å². The van der Waals surface area contributed by atoms with E-state index in [0.29, 0.717) is 12.0 Å². The molecule has 0 radical (unpaired) electrons. The average Bonchev–Trinajstić information content (AvgIpc) is 2.55. The largest absolute Gasteiger partial charge is 0.349 e. The lowest BCUT2D eigenvalue weighted by molar-refractivity contribution is -0.127. The van der Waals surface area contributed by atoms with E-state index in [-0.39, 0.29) is 30.2 Å². The number of piperidine rings is 1. The highest BCUT2D eigenvalue weighted by atomic mass is 16.2. The predicted molar refractivity (Wildman–Crippen MR) is 85.4 cm³/mol. The van der Waals surface area contributed by atoms with Gasteiger partial charge >= 0.3 is 0 Å². The highest BCUT2D eigenvalue weighted by Gasteiger charge is 2.30. The van der Waals surface area contributed by atoms with E-state index in [9.17, 15) is 9.59 Å². The number of likely N-dealkylation sites (tertiary alicyclic amines) is 1. The second-order valence-corrected chi connectivity index (χ2v) is 6.26. The van der Waals surface area contributed by atoms with Crippen LogP contribution in [-0.2, 0) is 4.79 Å². The second kappa shape index (κ2) is 7.06. The monoisotopic (exact) mass is 317 g/mol. The van der Waals surface area contributed by atoms with Crippen LogP contribution in [0, 0.1) is 0 Å². The molecule has 2 aliphatic heterocycles. The van der Waals surface area contributed by atoms with Crippen LogP contribution >= 0.6 is 0 Å². The summed E-state index contributed by atoms with van der Waals surface area (Å²) in [6, 6.07) is 3.79. The van der Waals surface area contributed by atoms with Crippen LogP contribution in [0.4, 0.5) is 0 Å². The Balaban J connectivity index is 1.49. The molecular weight excluding hydrogens is 294 g/mol. The summed E-state index contributed by atoms with van der Waals surface area (Å²) in [7, 11) is 0. The maximum atomic E-state index is 12.2. The number of hydrogen-bond donors (Lipinski definition) is 3. The normalized spacial score (nSPS) is 26.6. The van der Waals surface area contributed by atoms with Crippen molar-refractivity contribution >= 4 is 11.8 Å². The van der Waals surface area contributed by atoms with Crippen molar-refractivity contribution < 1.29 is 9.59 Å². The van der Waals surface area contributed by atoms with Crippen LogP contribution in [0.15, 0.2) is 24.5 Å². The zero-order chi connectivity index (χ0) is 16.2. The maximum absolute atomic E-state index is 12.2. The van der Waals surface area contributed by atoms with Gasteiger partial charge in [0.1, 0.15) is 6.29 Å². The smallest absolute Gasteiger partial charge is 0.251 e. The molecule has 1 aromatic heterocycles. The molecule has 3 heterocycles. The van der Waals surface area contributed by atoms with Gasteiger partial charge in [-0.2, -0.15) is 0 Å². The quantitative estimate of drug-likeness (QED) is 0.734. The molecule has 0 bridgehead atoms. The van der Waals surface area contributed by atoms with Crippen LogP contribution in [-0.4, -0.2) is 53.2 Å². The molecule has 7 heteroatoms. The van der Waals surface area contributed by atoms with Crippen molar-refractivity contribution in [1.82, 2.24) is 25.8 Å². The fourth-order valence-electron chi connectivity index (χ4n) is 3.13. The van der Waals surface area contributed by atoms with E-state index in [1.807, 2.05) is 6.92 Å². The first-order chi connectivity index (χ1) is 11.1. The number of amides is 2. The number of carbonyl (C=O) groups excluding carboxylic acids is 2. The molecule has 2 amide bonds. The third kappa shape index (κ3) is 4.05. The first-order valence-corrected chi connectivity index (χ1v) is 8.12. The van der Waals surface area contributed by atoms with Crippen LogP contribution in [0.5, 0.6) is 0 Å². The Morgan fingerprint density at radius 1 is 1.30 bits per heavy atom. The summed E-state index contributed by atoms with van der Waals surface area (Å²) in [5.41, 5.74) is 0.637. The molecule has 2 saturated heterocycles. The van der Waals surface area contributed by atoms with Gasteiger partial charge in [0.15, 0.2) is 0 Å². The average molecular weight is 317 g/mol. The number of aromatic nitrogens is 1. The van der Waals surface area contributed by atoms with Crippen molar-refractivity contribution in [2.45, 2.75) is 44.6 Å². The van der Waals surface area contributed by atoms with Crippen LogP contribution in [0.25, 0.3) is 0 Å². The van der Waals surface area contributed by atoms with Crippen LogP contribution < -0.4 is 16.0 Å². The van der Waals surface area contributed by atoms with Gasteiger partial charge in [0, 0.05) is 49.6 Å². The summed E-state index contributed by atoms with van der Waals surface area (Å²) in [5, 5.41) is 9.45. The molecule has 2 atom stereocenters. The van der Waals surface area contributed by atoms with E-state index < -0.39 is 0 Å². The standard InChI is InChI=1S/C16H23N5O2/c1-11-10-14(22)20-16(18-11)21-8-4-13(5-9-21)19-15(23)12-2-6-17-7-3-12/h2-3,6-7,11,13,16,18H,4-5,8-10H2,1H3,(H,19,23)(H,20,22). The molecule has 0 aliphatic carbocycles. The number of rotatable bonds is 3. The Kier molecular flexibility index (Phi) is 4.88. The van der Waals surface area contributed by atoms with E-state index >= 15 is 0 Å². The topological polar surface area (TPSA) is 86.4 Å². The second-order valence-electron chi connectivity index (χ2n) is 6.26. The van der Waals surface area contributed by atoms with Crippen molar-refractivity contribution in [2.75, 3.05) is 13.1 Å². The summed E-state index contributed by atoms with van der Waals surface area (Å²) in [6.07, 6.45) is 5.42. The fourth-order valence-corrected chi connectivity index (χ4v) is 3.13. The lowest BCUT2D eigenvalue weighted by Crippen LogP contribution is -2.65. The molecule has 0 saturated carbocycles. The summed E-state index contributed by atoms with van der Waals surface area (Å²) in [6.45, 7) is 3.70. The van der Waals surface area contributed by atoms with Crippen LogP contribution in [0.3, 0.4) is 0 Å². The first-order valence-electron chi connectivity index (χ1n) is 8.12. The number of pyridine rings is 1. The van der Waals surface area contributed by atoms with E-state index in [1.54, 1.807) is 24.5 Å². The molecule has 2 unspecified atom stereocenters. The van der Waals surface area contributed by atoms with Gasteiger partial charge in [0.25, 0.3) is 5.91 Å². The molecular formula is C16H23N5O2. The number of nitrogens with one attached hydrogen (secondary N) is 3. The van der Waals surface area contributed by atoms with Gasteiger partial charge in [-0.05, 0) is 31.9 Å². The zero-order valence-electron chi connectivity index (χ0n) is 13.3. The fraction of sp³-hybridized carbons (Fsp3) is 0.562. The van der Waals surface area contributed by atoms with Crippen molar-refractivity contribution in [1.29, 1.82) is 0 Å². The molecule has 0 spiro atoms. The van der Waals surface area contributed by atoms with Crippen molar-refractivity contribution in [2.24, 2.45) is 0 Å². The van der Waals surface area contributed by atoms with E-state index in [0.717, 1.165) is 25.9 Å². The summed E-state index contributed by atoms with van der Waals surface area (Å²) >= 11 is 0. The Morgan fingerprint density at radius 3 is 2.65 bits per heavy atom. The Bertz CT molecular complexity index is 557. The predicted octanol–water partition coefficient (Wildman–Crippen LogP) is 0.0574. The minimum absolute atomic E-state index is 0.0523. The molecule has 2 fully saturated rings. The van der Waals surface area contributed by atoms with Crippen molar-refractivity contribution in [3.05, 3.63) is 30.1 Å². The Labute approximate surface area is 135 Å². The summed E-state index contributed by atoms with van der Waals surface area (Å²) < 4.78 is 0. The lowest BCUT2D eigenvalue weighted by Gasteiger charge is -2.41. The molecule has 3 N–H and O–H groups in total. The van der Waals surface area contributed by atoms with Gasteiger partial charge in [0.2, 0.25) is 5.91 Å². The van der Waals surface area contributed by atoms with Gasteiger partial charge in [-0.15, -0.1) is 0 Å². The zero-order valence-corrected chi connectivity index (χ0v) is 13.3. The molecule has 124 valence electrons. The first kappa shape index (κ1) is 15.9. The number of carbonyl (C=O) groups is 2. The number of nitrogens with zero attached hydrogens (tertiary/aromatic N) is 2. The van der Waals surface area contributed by atoms with Gasteiger partial charge in [-0.25, -0.2) is 0 Å². The van der Waals surface area contributed by atoms with E-state index in [4.69, 9.17) is 0 Å². The molecule has 0 aromatic carbocycles. The van der Waals surface area contributed by atoms with Gasteiger partial charge in [0.05, 0.1) is 0 Å². The molecule has 7 nitrogen and oxygen atoms in total. The van der Waals surface area contributed by atoms with Crippen molar-refractivity contribution in [3.63, 3.8) is 0 Å². The van der Waals surface area contributed by atoms with E-state index in [2.05, 4.69) is 25.8 Å².